The van der Waals surface area contributed by atoms with Crippen LogP contribution in [0, 0.1) is 5.21 Å². The molecule has 0 amide bonds. The van der Waals surface area contributed by atoms with Gasteiger partial charge in [0.2, 0.25) is 0 Å². The Hall–Kier alpha value is 0.270. The molecule has 4 nitrogen and oxygen atoms in total. The first kappa shape index (κ1) is 15.3. The van der Waals surface area contributed by atoms with Crippen LogP contribution in [0.2, 0.25) is 0 Å². The zero-order valence-corrected chi connectivity index (χ0v) is 12.1. The van der Waals surface area contributed by atoms with E-state index in [4.69, 9.17) is 0 Å². The lowest BCUT2D eigenvalue weighted by Crippen LogP contribution is -2.24. The van der Waals surface area contributed by atoms with Crippen LogP contribution in [0.25, 0.3) is 0 Å². The van der Waals surface area contributed by atoms with E-state index >= 15 is 0 Å². The molecule has 0 spiro atoms. The van der Waals surface area contributed by atoms with Gasteiger partial charge >= 0.3 is 0 Å². The summed E-state index contributed by atoms with van der Waals surface area (Å²) in [7, 11) is 2.31. The Morgan fingerprint density at radius 2 is 1.06 bits per heavy atom. The number of hydroxylamine groups is 2. The predicted molar refractivity (Wildman–Crippen MR) is 76.5 cm³/mol. The standard InChI is InChI=1S/C4H10NOP.2C4H9N/c6-5(7)3-1-2-4-5;2*1-2-4-5-3-1/h1-4,7H2;2*5H,1-4H2. The summed E-state index contributed by atoms with van der Waals surface area (Å²) in [4.78, 5) is 0. The van der Waals surface area contributed by atoms with Gasteiger partial charge in [0.05, 0.1) is 22.5 Å². The van der Waals surface area contributed by atoms with Gasteiger partial charge in [-0.2, -0.15) is 0 Å². The van der Waals surface area contributed by atoms with E-state index in [0.29, 0.717) is 0 Å². The van der Waals surface area contributed by atoms with E-state index < -0.39 is 0 Å². The van der Waals surface area contributed by atoms with Crippen LogP contribution in [-0.4, -0.2) is 43.7 Å². The molecule has 0 aromatic heterocycles. The van der Waals surface area contributed by atoms with Gasteiger partial charge in [-0.1, -0.05) is 0 Å². The molecule has 1 atom stereocenters. The van der Waals surface area contributed by atoms with Crippen LogP contribution in [0.4, 0.5) is 0 Å². The lowest BCUT2D eigenvalue weighted by atomic mass is 10.4. The Labute approximate surface area is 108 Å². The highest BCUT2D eigenvalue weighted by Gasteiger charge is 2.16. The molecule has 3 rings (SSSR count). The first-order valence-corrected chi connectivity index (χ1v) is 7.50. The van der Waals surface area contributed by atoms with Crippen LogP contribution in [0.3, 0.4) is 0 Å². The van der Waals surface area contributed by atoms with Gasteiger partial charge in [0.25, 0.3) is 0 Å². The third-order valence-corrected chi connectivity index (χ3v) is 3.75. The number of nitrogens with one attached hydrogen (secondary N) is 2. The van der Waals surface area contributed by atoms with E-state index in [2.05, 4.69) is 20.0 Å². The van der Waals surface area contributed by atoms with E-state index in [1.807, 2.05) is 0 Å². The number of nitrogens with zero attached hydrogens (tertiary/aromatic N) is 1. The highest BCUT2D eigenvalue weighted by molar-refractivity contribution is 7.09. The summed E-state index contributed by atoms with van der Waals surface area (Å²) in [6, 6.07) is 0. The fourth-order valence-electron chi connectivity index (χ4n) is 2.12. The zero-order chi connectivity index (χ0) is 12.4. The van der Waals surface area contributed by atoms with E-state index in [0.717, 1.165) is 25.9 Å². The van der Waals surface area contributed by atoms with Crippen LogP contribution < -0.4 is 10.6 Å². The third kappa shape index (κ3) is 8.92. The second-order valence-electron chi connectivity index (χ2n) is 5.02. The maximum Gasteiger partial charge on any atom is 0.0793 e. The summed E-state index contributed by atoms with van der Waals surface area (Å²) >= 11 is 0. The number of quaternary nitrogens is 1. The molecule has 17 heavy (non-hydrogen) atoms. The smallest absolute Gasteiger partial charge is 0.0793 e. The molecule has 0 radical (unpaired) electrons. The topological polar surface area (TPSA) is 47.1 Å². The molecule has 3 saturated heterocycles. The van der Waals surface area contributed by atoms with Gasteiger partial charge in [0.15, 0.2) is 0 Å². The minimum atomic E-state index is -0.0833. The Morgan fingerprint density at radius 1 is 0.706 bits per heavy atom. The molecular weight excluding hydrogens is 233 g/mol. The van der Waals surface area contributed by atoms with Crippen molar-refractivity contribution in [3.8, 4) is 0 Å². The molecule has 1 unspecified atom stereocenters. The first-order chi connectivity index (χ1) is 8.21. The molecule has 2 N–H and O–H groups in total. The Bertz CT molecular complexity index is 149. The van der Waals surface area contributed by atoms with Crippen LogP contribution >= 0.6 is 9.39 Å². The minimum Gasteiger partial charge on any atom is -0.632 e. The predicted octanol–water partition coefficient (Wildman–Crippen LogP) is 1.62. The average Bonchev–Trinajstić information content (AvgIpc) is 3.05. The van der Waals surface area contributed by atoms with Crippen molar-refractivity contribution >= 4 is 9.39 Å². The zero-order valence-electron chi connectivity index (χ0n) is 10.9. The third-order valence-electron chi connectivity index (χ3n) is 3.24. The molecule has 3 aliphatic rings. The van der Waals surface area contributed by atoms with Crippen molar-refractivity contribution in [2.24, 2.45) is 0 Å². The molecular formula is C12H28N3OP. The van der Waals surface area contributed by atoms with Crippen molar-refractivity contribution in [1.82, 2.24) is 10.6 Å². The molecule has 0 aromatic rings. The second-order valence-corrected chi connectivity index (χ2v) is 5.96. The van der Waals surface area contributed by atoms with E-state index in [1.165, 1.54) is 51.9 Å². The second kappa shape index (κ2) is 9.23. The van der Waals surface area contributed by atoms with Gasteiger partial charge < -0.3 is 20.3 Å². The average molecular weight is 261 g/mol. The molecule has 3 fully saturated rings. The molecule has 102 valence electrons. The quantitative estimate of drug-likeness (QED) is 0.514. The lowest BCUT2D eigenvalue weighted by Gasteiger charge is -2.32. The van der Waals surface area contributed by atoms with Crippen molar-refractivity contribution in [2.45, 2.75) is 38.5 Å². The summed E-state index contributed by atoms with van der Waals surface area (Å²) in [6.07, 6.45) is 7.76. The fraction of sp³-hybridized carbons (Fsp3) is 1.00. The Morgan fingerprint density at radius 3 is 1.18 bits per heavy atom. The van der Waals surface area contributed by atoms with Crippen LogP contribution in [0.15, 0.2) is 0 Å². The van der Waals surface area contributed by atoms with Gasteiger partial charge in [-0.25, -0.2) is 0 Å². The highest BCUT2D eigenvalue weighted by Crippen LogP contribution is 2.22. The fourth-order valence-corrected chi connectivity index (χ4v) is 2.49. The Balaban J connectivity index is 0.000000130. The van der Waals surface area contributed by atoms with Gasteiger partial charge in [-0.05, 0) is 51.9 Å². The molecule has 5 heteroatoms. The summed E-state index contributed by atoms with van der Waals surface area (Å²) in [6.45, 7) is 6.59. The first-order valence-electron chi connectivity index (χ1n) is 6.99. The van der Waals surface area contributed by atoms with Crippen molar-refractivity contribution in [2.75, 3.05) is 39.3 Å². The van der Waals surface area contributed by atoms with Gasteiger partial charge in [0.1, 0.15) is 0 Å². The monoisotopic (exact) mass is 261 g/mol. The number of hydrogen-bond acceptors (Lipinski definition) is 3. The molecule has 3 aliphatic heterocycles. The summed E-state index contributed by atoms with van der Waals surface area (Å²) in [5.74, 6) is 0. The van der Waals surface area contributed by atoms with Crippen LogP contribution in [0.1, 0.15) is 38.5 Å². The SMILES string of the molecule is C1CCNC1.C1CCNC1.[O-][N+]1(P)CCCC1. The van der Waals surface area contributed by atoms with E-state index in [-0.39, 0.29) is 4.42 Å². The van der Waals surface area contributed by atoms with Crippen LogP contribution in [-0.2, 0) is 0 Å². The molecule has 0 bridgehead atoms. The normalized spacial score (nSPS) is 25.8. The van der Waals surface area contributed by atoms with E-state index in [1.54, 1.807) is 0 Å². The van der Waals surface area contributed by atoms with E-state index in [9.17, 15) is 5.21 Å². The van der Waals surface area contributed by atoms with Crippen molar-refractivity contribution in [3.63, 3.8) is 0 Å². The van der Waals surface area contributed by atoms with Gasteiger partial charge in [0, 0.05) is 12.8 Å². The van der Waals surface area contributed by atoms with Crippen LogP contribution in [0.5, 0.6) is 0 Å². The van der Waals surface area contributed by atoms with Crippen molar-refractivity contribution < 1.29 is 4.42 Å². The minimum absolute atomic E-state index is 0.0833. The molecule has 0 aromatic carbocycles. The maximum absolute atomic E-state index is 10.8. The molecule has 0 saturated carbocycles. The summed E-state index contributed by atoms with van der Waals surface area (Å²) < 4.78 is -0.0833. The Kier molecular flexibility index (Phi) is 8.33. The number of rotatable bonds is 0. The maximum atomic E-state index is 10.8. The summed E-state index contributed by atoms with van der Waals surface area (Å²) in [5.41, 5.74) is 0. The van der Waals surface area contributed by atoms with Gasteiger partial charge in [-0.15, -0.1) is 0 Å². The largest absolute Gasteiger partial charge is 0.632 e. The molecule has 3 heterocycles. The lowest BCUT2D eigenvalue weighted by molar-refractivity contribution is -0.730. The summed E-state index contributed by atoms with van der Waals surface area (Å²) in [5, 5.41) is 17.2. The van der Waals surface area contributed by atoms with Crippen molar-refractivity contribution in [3.05, 3.63) is 5.21 Å². The van der Waals surface area contributed by atoms with Crippen molar-refractivity contribution in [1.29, 1.82) is 0 Å². The highest BCUT2D eigenvalue weighted by atomic mass is 31.0. The number of hydrogen-bond donors (Lipinski definition) is 2. The van der Waals surface area contributed by atoms with Gasteiger partial charge in [-0.3, -0.25) is 0 Å². The molecule has 0 aliphatic carbocycles.